The zero-order valence-corrected chi connectivity index (χ0v) is 16.7. The summed E-state index contributed by atoms with van der Waals surface area (Å²) >= 11 is 0. The minimum Gasteiger partial charge on any atom is -0.493 e. The maximum Gasteiger partial charge on any atom is 0.191 e. The highest BCUT2D eigenvalue weighted by Crippen LogP contribution is 2.31. The number of nitrogens with zero attached hydrogens (tertiary/aromatic N) is 2. The Labute approximate surface area is 152 Å². The minimum absolute atomic E-state index is 0.146. The van der Waals surface area contributed by atoms with E-state index in [4.69, 9.17) is 14.5 Å². The van der Waals surface area contributed by atoms with Gasteiger partial charge in [-0.1, -0.05) is 13.0 Å². The van der Waals surface area contributed by atoms with Crippen LogP contribution in [0.25, 0.3) is 0 Å². The summed E-state index contributed by atoms with van der Waals surface area (Å²) in [6.45, 7) is 7.88. The number of ether oxygens (including phenoxy) is 2. The molecular weight excluding hydrogens is 316 g/mol. The molecule has 0 amide bonds. The van der Waals surface area contributed by atoms with Crippen molar-refractivity contribution in [2.75, 3.05) is 41.4 Å². The lowest BCUT2D eigenvalue weighted by molar-refractivity contribution is 0.303. The molecule has 0 radical (unpaired) electrons. The van der Waals surface area contributed by atoms with Crippen LogP contribution in [-0.4, -0.2) is 58.3 Å². The summed E-state index contributed by atoms with van der Waals surface area (Å²) in [6.07, 6.45) is 1.05. The van der Waals surface area contributed by atoms with Gasteiger partial charge in [-0.2, -0.15) is 0 Å². The lowest BCUT2D eigenvalue weighted by atomic mass is 10.1. The van der Waals surface area contributed by atoms with E-state index in [-0.39, 0.29) is 6.04 Å². The van der Waals surface area contributed by atoms with Crippen molar-refractivity contribution >= 4 is 5.96 Å². The van der Waals surface area contributed by atoms with Gasteiger partial charge in [0.2, 0.25) is 0 Å². The molecule has 1 rings (SSSR count). The van der Waals surface area contributed by atoms with Crippen LogP contribution < -0.4 is 20.1 Å². The van der Waals surface area contributed by atoms with Crippen molar-refractivity contribution in [3.63, 3.8) is 0 Å². The van der Waals surface area contributed by atoms with Gasteiger partial charge < -0.3 is 25.0 Å². The van der Waals surface area contributed by atoms with Crippen molar-refractivity contribution in [1.29, 1.82) is 0 Å². The van der Waals surface area contributed by atoms with Crippen molar-refractivity contribution in [2.24, 2.45) is 4.99 Å². The standard InChI is InChI=1S/C19H34N4O2/c1-8-14(3)22-19(20-9-2)21-13-16(23(4)5)15-10-11-17(24-6)18(12-15)25-7/h10-12,14,16H,8-9,13H2,1-7H3,(H2,20,21,22). The van der Waals surface area contributed by atoms with Gasteiger partial charge in [0.1, 0.15) is 0 Å². The predicted octanol–water partition coefficient (Wildman–Crippen LogP) is 2.66. The normalized spacial score (nSPS) is 14.2. The van der Waals surface area contributed by atoms with Crippen molar-refractivity contribution in [3.8, 4) is 11.5 Å². The lowest BCUT2D eigenvalue weighted by Gasteiger charge is -2.25. The highest BCUT2D eigenvalue weighted by molar-refractivity contribution is 5.80. The molecule has 0 aliphatic rings. The van der Waals surface area contributed by atoms with Crippen LogP contribution in [0.2, 0.25) is 0 Å². The van der Waals surface area contributed by atoms with Crippen molar-refractivity contribution in [2.45, 2.75) is 39.3 Å². The number of methoxy groups -OCH3 is 2. The van der Waals surface area contributed by atoms with Crippen molar-refractivity contribution < 1.29 is 9.47 Å². The van der Waals surface area contributed by atoms with Crippen LogP contribution in [-0.2, 0) is 0 Å². The molecule has 25 heavy (non-hydrogen) atoms. The van der Waals surface area contributed by atoms with E-state index in [2.05, 4.69) is 56.5 Å². The third-order valence-corrected chi connectivity index (χ3v) is 4.18. The molecule has 6 nitrogen and oxygen atoms in total. The summed E-state index contributed by atoms with van der Waals surface area (Å²) in [7, 11) is 7.43. The number of guanidine groups is 1. The second kappa shape index (κ2) is 10.8. The Balaban J connectivity index is 3.01. The van der Waals surface area contributed by atoms with E-state index in [9.17, 15) is 0 Å². The summed E-state index contributed by atoms with van der Waals surface area (Å²) in [4.78, 5) is 6.94. The number of nitrogens with one attached hydrogen (secondary N) is 2. The number of benzene rings is 1. The van der Waals surface area contributed by atoms with Gasteiger partial charge in [-0.15, -0.1) is 0 Å². The Morgan fingerprint density at radius 3 is 2.36 bits per heavy atom. The smallest absolute Gasteiger partial charge is 0.191 e. The molecule has 0 aromatic heterocycles. The molecule has 2 N–H and O–H groups in total. The molecule has 142 valence electrons. The molecule has 0 heterocycles. The van der Waals surface area contributed by atoms with Crippen LogP contribution in [0.4, 0.5) is 0 Å². The first-order valence-electron chi connectivity index (χ1n) is 8.89. The van der Waals surface area contributed by atoms with Gasteiger partial charge in [-0.3, -0.25) is 4.99 Å². The topological polar surface area (TPSA) is 58.1 Å². The van der Waals surface area contributed by atoms with Gasteiger partial charge in [-0.25, -0.2) is 0 Å². The van der Waals surface area contributed by atoms with Gasteiger partial charge in [0.15, 0.2) is 17.5 Å². The Kier molecular flexibility index (Phi) is 9.13. The molecule has 1 aromatic rings. The largest absolute Gasteiger partial charge is 0.493 e. The second-order valence-corrected chi connectivity index (χ2v) is 6.27. The molecule has 0 fully saturated rings. The van der Waals surface area contributed by atoms with E-state index in [1.165, 1.54) is 0 Å². The Morgan fingerprint density at radius 1 is 1.16 bits per heavy atom. The monoisotopic (exact) mass is 350 g/mol. The minimum atomic E-state index is 0.146. The summed E-state index contributed by atoms with van der Waals surface area (Å²) in [5.74, 6) is 2.32. The van der Waals surface area contributed by atoms with Crippen LogP contribution in [0.5, 0.6) is 11.5 Å². The number of aliphatic imine (C=N–C) groups is 1. The first-order valence-corrected chi connectivity index (χ1v) is 8.89. The fraction of sp³-hybridized carbons (Fsp3) is 0.632. The van der Waals surface area contributed by atoms with Crippen LogP contribution in [0.3, 0.4) is 0 Å². The van der Waals surface area contributed by atoms with E-state index >= 15 is 0 Å². The molecule has 0 spiro atoms. The quantitative estimate of drug-likeness (QED) is 0.530. The van der Waals surface area contributed by atoms with E-state index in [1.807, 2.05) is 12.1 Å². The van der Waals surface area contributed by atoms with Crippen LogP contribution in [0.1, 0.15) is 38.8 Å². The number of likely N-dealkylation sites (N-methyl/N-ethyl adjacent to an activating group) is 1. The van der Waals surface area contributed by atoms with Gasteiger partial charge in [-0.05, 0) is 52.1 Å². The molecule has 0 aliphatic carbocycles. The van der Waals surface area contributed by atoms with E-state index in [0.29, 0.717) is 12.6 Å². The highest BCUT2D eigenvalue weighted by Gasteiger charge is 2.17. The van der Waals surface area contributed by atoms with Crippen LogP contribution in [0.15, 0.2) is 23.2 Å². The predicted molar refractivity (Wildman–Crippen MR) is 105 cm³/mol. The molecular formula is C19H34N4O2. The zero-order valence-electron chi connectivity index (χ0n) is 16.7. The lowest BCUT2D eigenvalue weighted by Crippen LogP contribution is -2.42. The number of rotatable bonds is 9. The second-order valence-electron chi connectivity index (χ2n) is 6.27. The van der Waals surface area contributed by atoms with Crippen LogP contribution >= 0.6 is 0 Å². The Hall–Kier alpha value is -1.95. The van der Waals surface area contributed by atoms with Crippen molar-refractivity contribution in [3.05, 3.63) is 23.8 Å². The van der Waals surface area contributed by atoms with E-state index in [0.717, 1.165) is 36.0 Å². The summed E-state index contributed by atoms with van der Waals surface area (Å²) in [5, 5.41) is 6.74. The summed E-state index contributed by atoms with van der Waals surface area (Å²) < 4.78 is 10.8. The first kappa shape index (κ1) is 21.1. The fourth-order valence-corrected chi connectivity index (χ4v) is 2.46. The maximum absolute atomic E-state index is 5.43. The third kappa shape index (κ3) is 6.46. The molecule has 0 bridgehead atoms. The van der Waals surface area contributed by atoms with Crippen molar-refractivity contribution in [1.82, 2.24) is 15.5 Å². The van der Waals surface area contributed by atoms with Gasteiger partial charge in [0.05, 0.1) is 26.8 Å². The van der Waals surface area contributed by atoms with Gasteiger partial charge in [0, 0.05) is 12.6 Å². The third-order valence-electron chi connectivity index (χ3n) is 4.18. The number of hydrogen-bond acceptors (Lipinski definition) is 4. The molecule has 2 unspecified atom stereocenters. The highest BCUT2D eigenvalue weighted by atomic mass is 16.5. The molecule has 6 heteroatoms. The molecule has 0 saturated carbocycles. The SMILES string of the molecule is CCNC(=NCC(c1ccc(OC)c(OC)c1)N(C)C)NC(C)CC. The van der Waals surface area contributed by atoms with Crippen LogP contribution in [0, 0.1) is 0 Å². The fourth-order valence-electron chi connectivity index (χ4n) is 2.46. The summed E-state index contributed by atoms with van der Waals surface area (Å²) in [6, 6.07) is 6.56. The Bertz CT molecular complexity index is 546. The molecule has 1 aromatic carbocycles. The van der Waals surface area contributed by atoms with Gasteiger partial charge >= 0.3 is 0 Å². The molecule has 0 aliphatic heterocycles. The zero-order chi connectivity index (χ0) is 18.8. The van der Waals surface area contributed by atoms with Gasteiger partial charge in [0.25, 0.3) is 0 Å². The summed E-state index contributed by atoms with van der Waals surface area (Å²) in [5.41, 5.74) is 1.14. The number of hydrogen-bond donors (Lipinski definition) is 2. The molecule has 2 atom stereocenters. The Morgan fingerprint density at radius 2 is 1.84 bits per heavy atom. The average molecular weight is 351 g/mol. The van der Waals surface area contributed by atoms with E-state index < -0.39 is 0 Å². The maximum atomic E-state index is 5.43. The molecule has 0 saturated heterocycles. The first-order chi connectivity index (χ1) is 12.0. The average Bonchev–Trinajstić information content (AvgIpc) is 2.61. The van der Waals surface area contributed by atoms with E-state index in [1.54, 1.807) is 14.2 Å².